The highest BCUT2D eigenvalue weighted by molar-refractivity contribution is 6.85. The Hall–Kier alpha value is -1.60. The van der Waals surface area contributed by atoms with Gasteiger partial charge in [-0.05, 0) is 28.2 Å². The number of rotatable bonds is 4. The van der Waals surface area contributed by atoms with Crippen molar-refractivity contribution in [2.75, 3.05) is 0 Å². The number of hydrogen-bond acceptors (Lipinski definition) is 0. The summed E-state index contributed by atoms with van der Waals surface area (Å²) in [6, 6.07) is 21.6. The van der Waals surface area contributed by atoms with Crippen molar-refractivity contribution in [1.82, 2.24) is 0 Å². The molecule has 0 nitrogen and oxygen atoms in total. The average Bonchev–Trinajstić information content (AvgIpc) is 2.47. The molecule has 0 aliphatic carbocycles. The molecule has 0 atom stereocenters. The Morgan fingerprint density at radius 2 is 1.36 bits per heavy atom. The van der Waals surface area contributed by atoms with Gasteiger partial charge in [0.25, 0.3) is 0 Å². The van der Waals surface area contributed by atoms with Gasteiger partial charge in [0.1, 0.15) is 0 Å². The van der Waals surface area contributed by atoms with Crippen LogP contribution in [0, 0.1) is 0 Å². The first-order chi connectivity index (χ1) is 10.3. The van der Waals surface area contributed by atoms with Crippen molar-refractivity contribution in [3.8, 4) is 0 Å². The zero-order chi connectivity index (χ0) is 16.2. The Labute approximate surface area is 136 Å². The van der Waals surface area contributed by atoms with Crippen LogP contribution in [0.1, 0.15) is 31.9 Å². The summed E-state index contributed by atoms with van der Waals surface area (Å²) in [4.78, 5) is 0. The molecule has 0 aliphatic rings. The summed E-state index contributed by atoms with van der Waals surface area (Å²) in [5, 5.41) is 0.365. The molecule has 22 heavy (non-hydrogen) atoms. The minimum atomic E-state index is -1.47. The maximum absolute atomic E-state index is 2.61. The van der Waals surface area contributed by atoms with Crippen LogP contribution in [-0.4, -0.2) is 8.07 Å². The lowest BCUT2D eigenvalue weighted by Crippen LogP contribution is -2.35. The maximum Gasteiger partial charge on any atom is 0.0774 e. The third-order valence-electron chi connectivity index (χ3n) is 4.85. The highest BCUT2D eigenvalue weighted by Crippen LogP contribution is 2.38. The molecule has 0 radical (unpaired) electrons. The molecule has 2 aromatic rings. The zero-order valence-corrected chi connectivity index (χ0v) is 15.6. The number of allylic oxidation sites excluding steroid dienone is 1. The SMILES string of the molecule is CC(C)(C)[Si](C)(C)/C=C(/Cc1ccccc1)c1ccccc1. The molecule has 0 fully saturated rings. The van der Waals surface area contributed by atoms with Crippen molar-refractivity contribution in [3.05, 3.63) is 77.5 Å². The van der Waals surface area contributed by atoms with Gasteiger partial charge >= 0.3 is 0 Å². The zero-order valence-electron chi connectivity index (χ0n) is 14.6. The van der Waals surface area contributed by atoms with E-state index in [1.807, 2.05) is 0 Å². The highest BCUT2D eigenvalue weighted by atomic mass is 28.3. The molecule has 0 saturated heterocycles. The first-order valence-electron chi connectivity index (χ1n) is 8.11. The van der Waals surface area contributed by atoms with E-state index < -0.39 is 8.07 Å². The van der Waals surface area contributed by atoms with E-state index in [1.165, 1.54) is 16.7 Å². The maximum atomic E-state index is 2.61. The summed E-state index contributed by atoms with van der Waals surface area (Å²) < 4.78 is 0. The van der Waals surface area contributed by atoms with Crippen LogP contribution in [0.25, 0.3) is 5.57 Å². The van der Waals surface area contributed by atoms with Crippen molar-refractivity contribution >= 4 is 13.6 Å². The van der Waals surface area contributed by atoms with Crippen molar-refractivity contribution in [3.63, 3.8) is 0 Å². The molecule has 0 heterocycles. The van der Waals surface area contributed by atoms with Gasteiger partial charge in [-0.3, -0.25) is 0 Å². The Morgan fingerprint density at radius 1 is 0.864 bits per heavy atom. The fourth-order valence-electron chi connectivity index (χ4n) is 2.36. The van der Waals surface area contributed by atoms with Crippen LogP contribution in [0.3, 0.4) is 0 Å². The molecule has 0 aliphatic heterocycles. The summed E-state index contributed by atoms with van der Waals surface area (Å²) in [6.45, 7) is 12.1. The van der Waals surface area contributed by atoms with E-state index in [9.17, 15) is 0 Å². The lowest BCUT2D eigenvalue weighted by atomic mass is 10.00. The standard InChI is InChI=1S/C21H28Si/c1-21(2,3)22(4,5)17-20(19-14-10-7-11-15-19)16-18-12-8-6-9-13-18/h6-15,17H,16H2,1-5H3/b20-17-. The van der Waals surface area contributed by atoms with Gasteiger partial charge in [0.2, 0.25) is 0 Å². The predicted octanol–water partition coefficient (Wildman–Crippen LogP) is 6.36. The summed E-state index contributed by atoms with van der Waals surface area (Å²) in [5.74, 6) is 0. The van der Waals surface area contributed by atoms with Gasteiger partial charge in [-0.2, -0.15) is 0 Å². The summed E-state index contributed by atoms with van der Waals surface area (Å²) in [6.07, 6.45) is 1.01. The normalized spacial score (nSPS) is 13.2. The van der Waals surface area contributed by atoms with Crippen molar-refractivity contribution in [1.29, 1.82) is 0 Å². The van der Waals surface area contributed by atoms with Crippen molar-refractivity contribution in [2.45, 2.75) is 45.3 Å². The molecular formula is C21H28Si. The van der Waals surface area contributed by atoms with Crippen LogP contribution >= 0.6 is 0 Å². The van der Waals surface area contributed by atoms with E-state index in [2.05, 4.69) is 100 Å². The molecule has 0 saturated carbocycles. The fourth-order valence-corrected chi connectivity index (χ4v) is 3.93. The Kier molecular flexibility index (Phi) is 5.07. The van der Waals surface area contributed by atoms with Crippen LogP contribution in [0.15, 0.2) is 66.4 Å². The third kappa shape index (κ3) is 4.20. The van der Waals surface area contributed by atoms with E-state index >= 15 is 0 Å². The van der Waals surface area contributed by atoms with Crippen molar-refractivity contribution < 1.29 is 0 Å². The van der Waals surface area contributed by atoms with Gasteiger partial charge in [0, 0.05) is 0 Å². The third-order valence-corrected chi connectivity index (χ3v) is 9.79. The molecule has 116 valence electrons. The van der Waals surface area contributed by atoms with E-state index in [4.69, 9.17) is 0 Å². The molecule has 0 aromatic heterocycles. The monoisotopic (exact) mass is 308 g/mol. The minimum Gasteiger partial charge on any atom is -0.0902 e. The fraction of sp³-hybridized carbons (Fsp3) is 0.333. The quantitative estimate of drug-likeness (QED) is 0.576. The van der Waals surface area contributed by atoms with Crippen molar-refractivity contribution in [2.24, 2.45) is 0 Å². The molecule has 0 amide bonds. The molecular weight excluding hydrogens is 280 g/mol. The summed E-state index contributed by atoms with van der Waals surface area (Å²) in [7, 11) is -1.47. The van der Waals surface area contributed by atoms with Gasteiger partial charge in [-0.15, -0.1) is 0 Å². The molecule has 1 heteroatoms. The van der Waals surface area contributed by atoms with Gasteiger partial charge in [-0.25, -0.2) is 0 Å². The molecule has 0 N–H and O–H groups in total. The average molecular weight is 309 g/mol. The molecule has 0 unspecified atom stereocenters. The lowest BCUT2D eigenvalue weighted by molar-refractivity contribution is 0.728. The first-order valence-corrected chi connectivity index (χ1v) is 11.2. The first kappa shape index (κ1) is 16.8. The second kappa shape index (κ2) is 6.66. The van der Waals surface area contributed by atoms with Crippen LogP contribution in [0.2, 0.25) is 18.1 Å². The Morgan fingerprint density at radius 3 is 1.86 bits per heavy atom. The minimum absolute atomic E-state index is 0.365. The Bertz CT molecular complexity index is 616. The summed E-state index contributed by atoms with van der Waals surface area (Å²) >= 11 is 0. The van der Waals surface area contributed by atoms with Crippen LogP contribution < -0.4 is 0 Å². The molecule has 0 bridgehead atoms. The second-order valence-electron chi connectivity index (χ2n) is 7.67. The summed E-state index contributed by atoms with van der Waals surface area (Å²) in [5.41, 5.74) is 6.82. The van der Waals surface area contributed by atoms with Crippen LogP contribution in [0.4, 0.5) is 0 Å². The molecule has 2 aromatic carbocycles. The number of hydrogen-bond donors (Lipinski definition) is 0. The lowest BCUT2D eigenvalue weighted by Gasteiger charge is -2.35. The van der Waals surface area contributed by atoms with Crippen LogP contribution in [-0.2, 0) is 6.42 Å². The van der Waals surface area contributed by atoms with Gasteiger partial charge in [0.05, 0.1) is 8.07 Å². The van der Waals surface area contributed by atoms with Crippen LogP contribution in [0.5, 0.6) is 0 Å². The predicted molar refractivity (Wildman–Crippen MR) is 102 cm³/mol. The van der Waals surface area contributed by atoms with E-state index in [-0.39, 0.29) is 0 Å². The number of benzene rings is 2. The highest BCUT2D eigenvalue weighted by Gasteiger charge is 2.33. The van der Waals surface area contributed by atoms with Gasteiger partial charge < -0.3 is 0 Å². The second-order valence-corrected chi connectivity index (χ2v) is 12.9. The van der Waals surface area contributed by atoms with E-state index in [0.717, 1.165) is 6.42 Å². The van der Waals surface area contributed by atoms with Gasteiger partial charge in [-0.1, -0.05) is 100 Å². The molecule has 0 spiro atoms. The van der Waals surface area contributed by atoms with Gasteiger partial charge in [0.15, 0.2) is 0 Å². The Balaban J connectivity index is 2.43. The van der Waals surface area contributed by atoms with E-state index in [1.54, 1.807) is 0 Å². The smallest absolute Gasteiger partial charge is 0.0774 e. The topological polar surface area (TPSA) is 0 Å². The van der Waals surface area contributed by atoms with E-state index in [0.29, 0.717) is 5.04 Å². The largest absolute Gasteiger partial charge is 0.0902 e. The molecule has 2 rings (SSSR count).